The fourth-order valence-electron chi connectivity index (χ4n) is 4.32. The average molecular weight is 471 g/mol. The number of ether oxygens (including phenoxy) is 1. The van der Waals surface area contributed by atoms with Crippen molar-refractivity contribution < 1.29 is 14.3 Å². The van der Waals surface area contributed by atoms with Crippen molar-refractivity contribution in [3.8, 4) is 16.9 Å². The molecule has 32 heavy (non-hydrogen) atoms. The zero-order valence-electron chi connectivity index (χ0n) is 17.4. The number of pyridine rings is 1. The molecule has 4 heterocycles. The van der Waals surface area contributed by atoms with Crippen molar-refractivity contribution in [1.29, 1.82) is 0 Å². The number of carbonyl (C=O) groups is 2. The summed E-state index contributed by atoms with van der Waals surface area (Å²) in [5, 5.41) is 3.87. The fourth-order valence-corrected chi connectivity index (χ4v) is 5.70. The number of hydrogen-bond donors (Lipinski definition) is 2. The molecule has 2 aliphatic heterocycles. The van der Waals surface area contributed by atoms with E-state index in [0.29, 0.717) is 43.1 Å². The second-order valence-corrected chi connectivity index (χ2v) is 9.65. The lowest BCUT2D eigenvalue weighted by Crippen LogP contribution is -2.50. The van der Waals surface area contributed by atoms with Gasteiger partial charge in [0.15, 0.2) is 6.10 Å². The number of nitrogens with two attached hydrogens (primary N) is 1. The molecule has 0 saturated carbocycles. The van der Waals surface area contributed by atoms with Gasteiger partial charge in [0.1, 0.15) is 5.75 Å². The molecule has 9 heteroatoms. The van der Waals surface area contributed by atoms with Crippen LogP contribution >= 0.6 is 22.9 Å². The van der Waals surface area contributed by atoms with Crippen LogP contribution in [0.25, 0.3) is 21.3 Å². The maximum Gasteiger partial charge on any atom is 0.264 e. The molecule has 5 rings (SSSR count). The van der Waals surface area contributed by atoms with E-state index in [9.17, 15) is 9.59 Å². The van der Waals surface area contributed by atoms with Gasteiger partial charge in [0, 0.05) is 71.8 Å². The lowest BCUT2D eigenvalue weighted by Gasteiger charge is -2.29. The Morgan fingerprint density at radius 3 is 2.84 bits per heavy atom. The quantitative estimate of drug-likeness (QED) is 0.597. The number of carbonyl (C=O) groups excluding carboxylic acids is 2. The highest BCUT2D eigenvalue weighted by Gasteiger charge is 2.35. The number of hydrogen-bond acceptors (Lipinski definition) is 6. The van der Waals surface area contributed by atoms with Gasteiger partial charge in [0.2, 0.25) is 5.91 Å². The second-order valence-electron chi connectivity index (χ2n) is 8.08. The van der Waals surface area contributed by atoms with E-state index in [1.807, 2.05) is 29.2 Å². The van der Waals surface area contributed by atoms with E-state index in [1.54, 1.807) is 17.5 Å². The van der Waals surface area contributed by atoms with Crippen LogP contribution in [0.5, 0.6) is 5.75 Å². The molecule has 2 aromatic heterocycles. The Morgan fingerprint density at radius 1 is 1.25 bits per heavy atom. The molecule has 1 saturated heterocycles. The first-order valence-corrected chi connectivity index (χ1v) is 11.8. The minimum Gasteiger partial charge on any atom is -0.479 e. The molecule has 2 amide bonds. The number of amides is 2. The Labute approximate surface area is 194 Å². The number of aromatic nitrogens is 1. The number of thiophene rings is 1. The first-order chi connectivity index (χ1) is 15.5. The molecule has 0 aliphatic carbocycles. The minimum absolute atomic E-state index is 0.0227. The summed E-state index contributed by atoms with van der Waals surface area (Å²) >= 11 is 8.06. The summed E-state index contributed by atoms with van der Waals surface area (Å²) in [5.74, 6) is 0.411. The van der Waals surface area contributed by atoms with Gasteiger partial charge in [0.05, 0.1) is 10.2 Å². The van der Waals surface area contributed by atoms with Crippen LogP contribution in [0.3, 0.4) is 0 Å². The van der Waals surface area contributed by atoms with Crippen molar-refractivity contribution in [3.63, 3.8) is 0 Å². The molecule has 1 fully saturated rings. The van der Waals surface area contributed by atoms with Crippen molar-refractivity contribution in [1.82, 2.24) is 15.2 Å². The van der Waals surface area contributed by atoms with Crippen molar-refractivity contribution in [2.24, 2.45) is 5.73 Å². The molecule has 0 radical (unpaired) electrons. The molecule has 1 aromatic carbocycles. The molecule has 0 spiro atoms. The number of nitrogens with zero attached hydrogens (tertiary/aromatic N) is 2. The number of nitrogens with one attached hydrogen (secondary N) is 1. The maximum absolute atomic E-state index is 13.0. The van der Waals surface area contributed by atoms with Crippen LogP contribution in [-0.2, 0) is 22.4 Å². The van der Waals surface area contributed by atoms with Crippen molar-refractivity contribution in [3.05, 3.63) is 45.9 Å². The summed E-state index contributed by atoms with van der Waals surface area (Å²) in [6.07, 6.45) is 2.61. The van der Waals surface area contributed by atoms with Gasteiger partial charge in [-0.05, 0) is 30.7 Å². The Kier molecular flexibility index (Phi) is 5.75. The fraction of sp³-hybridized carbons (Fsp3) is 0.348. The van der Waals surface area contributed by atoms with Gasteiger partial charge in [-0.15, -0.1) is 11.3 Å². The average Bonchev–Trinajstić information content (AvgIpc) is 3.41. The topological polar surface area (TPSA) is 97.5 Å². The van der Waals surface area contributed by atoms with Crippen LogP contribution in [0.2, 0.25) is 5.02 Å². The highest BCUT2D eigenvalue weighted by molar-refractivity contribution is 7.19. The monoisotopic (exact) mass is 470 g/mol. The van der Waals surface area contributed by atoms with E-state index in [1.165, 1.54) is 0 Å². The van der Waals surface area contributed by atoms with E-state index in [4.69, 9.17) is 22.1 Å². The van der Waals surface area contributed by atoms with Crippen LogP contribution in [-0.4, -0.2) is 54.0 Å². The molecule has 0 bridgehead atoms. The minimum atomic E-state index is -0.535. The zero-order chi connectivity index (χ0) is 22.2. The van der Waals surface area contributed by atoms with Crippen molar-refractivity contribution >= 4 is 45.0 Å². The molecule has 1 atom stereocenters. The van der Waals surface area contributed by atoms with E-state index in [-0.39, 0.29) is 11.8 Å². The number of rotatable bonds is 5. The molecular weight excluding hydrogens is 448 g/mol. The number of fused-ring (bicyclic) bond motifs is 2. The van der Waals surface area contributed by atoms with Crippen LogP contribution in [0, 0.1) is 0 Å². The SMILES string of the molecule is NC(=O)CCc1cc2nccc(-c3cc(Cl)cc4c3OC(C(=O)N3CCNCC3)C4)c2s1. The van der Waals surface area contributed by atoms with Crippen LogP contribution < -0.4 is 15.8 Å². The maximum atomic E-state index is 13.0. The summed E-state index contributed by atoms with van der Waals surface area (Å²) in [6.45, 7) is 2.98. The molecule has 3 N–H and O–H groups in total. The standard InChI is InChI=1S/C23H23ClN4O3S/c24-14-9-13-10-19(23(30)28-7-5-26-6-8-28)31-21(13)17(11-14)16-3-4-27-18-12-15(32-22(16)18)1-2-20(25)29/h3-4,9,11-12,19,26H,1-2,5-8,10H2,(H2,25,29). The number of aryl methyl sites for hydroxylation is 1. The smallest absolute Gasteiger partial charge is 0.264 e. The van der Waals surface area contributed by atoms with Gasteiger partial charge in [-0.25, -0.2) is 0 Å². The highest BCUT2D eigenvalue weighted by Crippen LogP contribution is 2.44. The number of piperazine rings is 1. The Hall–Kier alpha value is -2.68. The Balaban J connectivity index is 1.49. The van der Waals surface area contributed by atoms with Crippen molar-refractivity contribution in [2.45, 2.75) is 25.4 Å². The van der Waals surface area contributed by atoms with Gasteiger partial charge in [0.25, 0.3) is 5.91 Å². The summed E-state index contributed by atoms with van der Waals surface area (Å²) in [7, 11) is 0. The summed E-state index contributed by atoms with van der Waals surface area (Å²) in [6, 6.07) is 7.71. The molecular formula is C23H23ClN4O3S. The van der Waals surface area contributed by atoms with Gasteiger partial charge < -0.3 is 20.7 Å². The second kappa shape index (κ2) is 8.69. The number of halogens is 1. The Bertz CT molecular complexity index is 1210. The van der Waals surface area contributed by atoms with Gasteiger partial charge in [-0.1, -0.05) is 11.6 Å². The highest BCUT2D eigenvalue weighted by atomic mass is 35.5. The van der Waals surface area contributed by atoms with Crippen LogP contribution in [0.4, 0.5) is 0 Å². The molecule has 2 aliphatic rings. The van der Waals surface area contributed by atoms with Crippen LogP contribution in [0.15, 0.2) is 30.5 Å². The molecule has 3 aromatic rings. The largest absolute Gasteiger partial charge is 0.479 e. The first kappa shape index (κ1) is 21.2. The predicted octanol–water partition coefficient (Wildman–Crippen LogP) is 2.77. The predicted molar refractivity (Wildman–Crippen MR) is 125 cm³/mol. The summed E-state index contributed by atoms with van der Waals surface area (Å²) in [4.78, 5) is 31.6. The molecule has 166 valence electrons. The number of benzene rings is 1. The van der Waals surface area contributed by atoms with E-state index in [0.717, 1.165) is 44.9 Å². The molecule has 7 nitrogen and oxygen atoms in total. The zero-order valence-corrected chi connectivity index (χ0v) is 19.0. The van der Waals surface area contributed by atoms with E-state index < -0.39 is 6.10 Å². The number of primary amides is 1. The van der Waals surface area contributed by atoms with E-state index in [2.05, 4.69) is 10.3 Å². The lowest BCUT2D eigenvalue weighted by atomic mass is 10.0. The lowest BCUT2D eigenvalue weighted by molar-refractivity contribution is -0.138. The van der Waals surface area contributed by atoms with Crippen LogP contribution in [0.1, 0.15) is 16.9 Å². The van der Waals surface area contributed by atoms with E-state index >= 15 is 0 Å². The normalized spacial score (nSPS) is 17.9. The Morgan fingerprint density at radius 2 is 2.06 bits per heavy atom. The van der Waals surface area contributed by atoms with Gasteiger partial charge >= 0.3 is 0 Å². The van der Waals surface area contributed by atoms with Gasteiger partial charge in [-0.2, -0.15) is 0 Å². The van der Waals surface area contributed by atoms with Gasteiger partial charge in [-0.3, -0.25) is 14.6 Å². The third-order valence-corrected chi connectivity index (χ3v) is 7.31. The molecule has 1 unspecified atom stereocenters. The third-order valence-electron chi connectivity index (χ3n) is 5.87. The van der Waals surface area contributed by atoms with Crippen molar-refractivity contribution in [2.75, 3.05) is 26.2 Å². The first-order valence-electron chi connectivity index (χ1n) is 10.6. The summed E-state index contributed by atoms with van der Waals surface area (Å²) in [5.41, 5.74) is 8.92. The third kappa shape index (κ3) is 4.05. The summed E-state index contributed by atoms with van der Waals surface area (Å²) < 4.78 is 7.25.